The zero-order valence-electron chi connectivity index (χ0n) is 15.0. The van der Waals surface area contributed by atoms with Crippen molar-refractivity contribution in [2.45, 2.75) is 39.3 Å². The van der Waals surface area contributed by atoms with Gasteiger partial charge in [-0.25, -0.2) is 0 Å². The average Bonchev–Trinajstić information content (AvgIpc) is 3.04. The average molecular weight is 333 g/mol. The number of fused-ring (bicyclic) bond motifs is 1. The lowest BCUT2D eigenvalue weighted by Crippen LogP contribution is -3.28. The van der Waals surface area contributed by atoms with Crippen LogP contribution in [0.5, 0.6) is 5.75 Å². The third kappa shape index (κ3) is 4.48. The SMILES string of the molecule is CC[C@@H](C)NC(=O)C[NH+]1CC[NH+](Cc2ccc3c(c2)CCO3)CC1. The highest BCUT2D eigenvalue weighted by Crippen LogP contribution is 2.25. The topological polar surface area (TPSA) is 47.2 Å². The number of carbonyl (C=O) groups is 1. The molecule has 5 nitrogen and oxygen atoms in total. The van der Waals surface area contributed by atoms with Gasteiger partial charge in [0.05, 0.1) is 6.61 Å². The van der Waals surface area contributed by atoms with Gasteiger partial charge in [0.25, 0.3) is 5.91 Å². The molecule has 132 valence electrons. The van der Waals surface area contributed by atoms with Gasteiger partial charge in [-0.15, -0.1) is 0 Å². The van der Waals surface area contributed by atoms with Gasteiger partial charge in [-0.1, -0.05) is 6.92 Å². The van der Waals surface area contributed by atoms with Crippen LogP contribution in [0.3, 0.4) is 0 Å². The molecule has 1 atom stereocenters. The van der Waals surface area contributed by atoms with Gasteiger partial charge in [-0.2, -0.15) is 0 Å². The van der Waals surface area contributed by atoms with E-state index in [1.54, 1.807) is 4.90 Å². The summed E-state index contributed by atoms with van der Waals surface area (Å²) >= 11 is 0. The molecule has 3 rings (SSSR count). The summed E-state index contributed by atoms with van der Waals surface area (Å²) in [7, 11) is 0. The number of nitrogens with one attached hydrogen (secondary N) is 3. The summed E-state index contributed by atoms with van der Waals surface area (Å²) in [5.74, 6) is 1.26. The molecule has 0 unspecified atom stereocenters. The number of carbonyl (C=O) groups excluding carboxylic acids is 1. The molecule has 0 radical (unpaired) electrons. The zero-order valence-corrected chi connectivity index (χ0v) is 15.0. The third-order valence-corrected chi connectivity index (χ3v) is 5.30. The van der Waals surface area contributed by atoms with E-state index in [9.17, 15) is 4.79 Å². The molecule has 1 fully saturated rings. The van der Waals surface area contributed by atoms with Crippen molar-refractivity contribution in [1.29, 1.82) is 0 Å². The maximum Gasteiger partial charge on any atom is 0.275 e. The first-order chi connectivity index (χ1) is 11.6. The Hall–Kier alpha value is -1.59. The molecule has 1 amide bonds. The van der Waals surface area contributed by atoms with Crippen LogP contribution in [0.25, 0.3) is 0 Å². The van der Waals surface area contributed by atoms with E-state index in [4.69, 9.17) is 4.74 Å². The number of ether oxygens (including phenoxy) is 1. The van der Waals surface area contributed by atoms with E-state index < -0.39 is 0 Å². The summed E-state index contributed by atoms with van der Waals surface area (Å²) in [5, 5.41) is 3.07. The fraction of sp³-hybridized carbons (Fsp3) is 0.632. The van der Waals surface area contributed by atoms with E-state index in [-0.39, 0.29) is 11.9 Å². The Labute approximate surface area is 145 Å². The largest absolute Gasteiger partial charge is 0.493 e. The summed E-state index contributed by atoms with van der Waals surface area (Å²) in [6.07, 6.45) is 2.03. The van der Waals surface area contributed by atoms with E-state index in [1.165, 1.54) is 16.0 Å². The molecule has 0 aliphatic carbocycles. The molecule has 2 heterocycles. The number of benzene rings is 1. The molecule has 0 bridgehead atoms. The Morgan fingerprint density at radius 3 is 2.75 bits per heavy atom. The highest BCUT2D eigenvalue weighted by atomic mass is 16.5. The van der Waals surface area contributed by atoms with Crippen molar-refractivity contribution in [3.05, 3.63) is 29.3 Å². The molecule has 0 saturated carbocycles. The number of piperazine rings is 1. The molecule has 0 aromatic heterocycles. The lowest BCUT2D eigenvalue weighted by Gasteiger charge is -2.29. The van der Waals surface area contributed by atoms with E-state index in [2.05, 4.69) is 37.4 Å². The first-order valence-corrected chi connectivity index (χ1v) is 9.35. The number of hydrogen-bond acceptors (Lipinski definition) is 2. The second kappa shape index (κ2) is 7.99. The van der Waals surface area contributed by atoms with Crippen LogP contribution in [-0.4, -0.2) is 51.3 Å². The van der Waals surface area contributed by atoms with Gasteiger partial charge in [0.1, 0.15) is 38.5 Å². The van der Waals surface area contributed by atoms with Gasteiger partial charge in [0.15, 0.2) is 6.54 Å². The maximum atomic E-state index is 12.0. The van der Waals surface area contributed by atoms with Gasteiger partial charge >= 0.3 is 0 Å². The van der Waals surface area contributed by atoms with Gasteiger partial charge in [-0.05, 0) is 37.1 Å². The van der Waals surface area contributed by atoms with Crippen molar-refractivity contribution in [2.24, 2.45) is 0 Å². The quantitative estimate of drug-likeness (QED) is 0.614. The second-order valence-corrected chi connectivity index (χ2v) is 7.27. The molecular weight excluding hydrogens is 302 g/mol. The van der Waals surface area contributed by atoms with Crippen LogP contribution in [0.15, 0.2) is 18.2 Å². The molecule has 5 heteroatoms. The summed E-state index contributed by atoms with van der Waals surface area (Å²) in [5.41, 5.74) is 2.77. The maximum absolute atomic E-state index is 12.0. The van der Waals surface area contributed by atoms with Crippen LogP contribution >= 0.6 is 0 Å². The van der Waals surface area contributed by atoms with Gasteiger partial charge in [0.2, 0.25) is 0 Å². The van der Waals surface area contributed by atoms with Crippen LogP contribution in [0, 0.1) is 0 Å². The van der Waals surface area contributed by atoms with Crippen molar-refractivity contribution < 1.29 is 19.3 Å². The lowest BCUT2D eigenvalue weighted by atomic mass is 10.1. The summed E-state index contributed by atoms with van der Waals surface area (Å²) in [6.45, 7) is 11.1. The minimum atomic E-state index is 0.196. The Balaban J connectivity index is 1.43. The van der Waals surface area contributed by atoms with Crippen LogP contribution in [0.1, 0.15) is 31.4 Å². The number of rotatable bonds is 6. The molecule has 3 N–H and O–H groups in total. The molecule has 1 saturated heterocycles. The predicted octanol–water partition coefficient (Wildman–Crippen LogP) is -1.18. The molecule has 1 aromatic carbocycles. The number of amides is 1. The molecule has 24 heavy (non-hydrogen) atoms. The fourth-order valence-electron chi connectivity index (χ4n) is 3.60. The lowest BCUT2D eigenvalue weighted by molar-refractivity contribution is -1.02. The van der Waals surface area contributed by atoms with Crippen molar-refractivity contribution in [1.82, 2.24) is 5.32 Å². The molecule has 2 aliphatic heterocycles. The highest BCUT2D eigenvalue weighted by molar-refractivity contribution is 5.77. The highest BCUT2D eigenvalue weighted by Gasteiger charge is 2.25. The van der Waals surface area contributed by atoms with Crippen molar-refractivity contribution in [3.63, 3.8) is 0 Å². The summed E-state index contributed by atoms with van der Waals surface area (Å²) < 4.78 is 5.58. The first-order valence-electron chi connectivity index (χ1n) is 9.35. The van der Waals surface area contributed by atoms with Gasteiger partial charge in [0, 0.05) is 18.0 Å². The van der Waals surface area contributed by atoms with Crippen LogP contribution in [0.4, 0.5) is 0 Å². The smallest absolute Gasteiger partial charge is 0.275 e. The minimum Gasteiger partial charge on any atom is -0.493 e. The van der Waals surface area contributed by atoms with E-state index in [1.807, 2.05) is 0 Å². The van der Waals surface area contributed by atoms with E-state index >= 15 is 0 Å². The Morgan fingerprint density at radius 2 is 2.00 bits per heavy atom. The monoisotopic (exact) mass is 333 g/mol. The summed E-state index contributed by atoms with van der Waals surface area (Å²) in [4.78, 5) is 15.1. The second-order valence-electron chi connectivity index (χ2n) is 7.27. The zero-order chi connectivity index (χ0) is 16.9. The van der Waals surface area contributed by atoms with Gasteiger partial charge in [-0.3, -0.25) is 4.79 Å². The van der Waals surface area contributed by atoms with E-state index in [0.717, 1.165) is 57.9 Å². The van der Waals surface area contributed by atoms with Gasteiger partial charge < -0.3 is 19.9 Å². The Morgan fingerprint density at radius 1 is 1.25 bits per heavy atom. The fourth-order valence-corrected chi connectivity index (χ4v) is 3.60. The summed E-state index contributed by atoms with van der Waals surface area (Å²) in [6, 6.07) is 6.93. The Bertz CT molecular complexity index is 568. The van der Waals surface area contributed by atoms with E-state index in [0.29, 0.717) is 6.54 Å². The Kier molecular flexibility index (Phi) is 5.74. The van der Waals surface area contributed by atoms with Crippen molar-refractivity contribution in [2.75, 3.05) is 39.3 Å². The molecule has 1 aromatic rings. The minimum absolute atomic E-state index is 0.196. The van der Waals surface area contributed by atoms with Crippen LogP contribution < -0.4 is 19.9 Å². The predicted molar refractivity (Wildman–Crippen MR) is 93.5 cm³/mol. The third-order valence-electron chi connectivity index (χ3n) is 5.30. The molecular formula is C19H31N3O2+2. The van der Waals surface area contributed by atoms with Crippen LogP contribution in [0.2, 0.25) is 0 Å². The molecule has 0 spiro atoms. The molecule has 2 aliphatic rings. The number of hydrogen-bond donors (Lipinski definition) is 3. The first kappa shape index (κ1) is 17.2. The number of quaternary nitrogens is 2. The standard InChI is InChI=1S/C19H29N3O2/c1-3-15(2)20-19(23)14-22-9-7-21(8-10-22)13-16-4-5-18-17(12-16)6-11-24-18/h4-5,12,15H,3,6-11,13-14H2,1-2H3,(H,20,23)/p+2/t15-/m1/s1. The van der Waals surface area contributed by atoms with Crippen molar-refractivity contribution in [3.8, 4) is 5.75 Å². The normalized spacial score (nSPS) is 24.1. The van der Waals surface area contributed by atoms with Crippen LogP contribution in [-0.2, 0) is 17.8 Å². The van der Waals surface area contributed by atoms with Crippen molar-refractivity contribution >= 4 is 5.91 Å².